The van der Waals surface area contributed by atoms with Gasteiger partial charge in [-0.15, -0.1) is 0 Å². The summed E-state index contributed by atoms with van der Waals surface area (Å²) in [5, 5.41) is 19.1. The third kappa shape index (κ3) is 31.5. The Morgan fingerprint density at radius 3 is 1.12 bits per heavy atom. The molecule has 0 bridgehead atoms. The number of guanidine groups is 2. The van der Waals surface area contributed by atoms with Gasteiger partial charge >= 0.3 is 17.1 Å². The summed E-state index contributed by atoms with van der Waals surface area (Å²) in [6, 6.07) is 0. The van der Waals surface area contributed by atoms with Crippen LogP contribution in [0.15, 0.2) is 9.98 Å². The first-order chi connectivity index (χ1) is 7.25. The first kappa shape index (κ1) is 20.4. The molecule has 0 aromatic rings. The van der Waals surface area contributed by atoms with Gasteiger partial charge in [-0.25, -0.2) is 9.98 Å². The summed E-state index contributed by atoms with van der Waals surface area (Å²) >= 11 is 0. The molecule has 0 atom stereocenters. The number of hydrogen-bond acceptors (Lipinski definition) is 6. The van der Waals surface area contributed by atoms with Crippen molar-refractivity contribution in [2.75, 3.05) is 13.1 Å². The van der Waals surface area contributed by atoms with E-state index in [0.29, 0.717) is 0 Å². The number of hydrogen-bond donors (Lipinski definition) is 4. The van der Waals surface area contributed by atoms with Gasteiger partial charge in [0.15, 0.2) is 11.9 Å². The summed E-state index contributed by atoms with van der Waals surface area (Å²) in [6.45, 7) is -0.940. The van der Waals surface area contributed by atoms with E-state index in [0.717, 1.165) is 0 Å². The Morgan fingerprint density at radius 1 is 0.824 bits per heavy atom. The minimum atomic E-state index is -1.29. The van der Waals surface area contributed by atoms with Gasteiger partial charge in [-0.1, -0.05) is 0 Å². The average Bonchev–Trinajstić information content (AvgIpc) is 2.12. The molecule has 0 saturated carbocycles. The van der Waals surface area contributed by atoms with E-state index in [4.69, 9.17) is 22.9 Å². The zero-order chi connectivity index (χ0) is 13.1. The molecule has 0 aliphatic heterocycles. The molecule has 0 fully saturated rings. The first-order valence-corrected chi connectivity index (χ1v) is 3.76. The quantitative estimate of drug-likeness (QED) is 0.221. The molecule has 10 nitrogen and oxygen atoms in total. The molecule has 11 heteroatoms. The largest absolute Gasteiger partial charge is 2.00 e. The molecule has 0 amide bonds. The van der Waals surface area contributed by atoms with Crippen LogP contribution < -0.4 is 33.1 Å². The van der Waals surface area contributed by atoms with Gasteiger partial charge in [0.1, 0.15) is 0 Å². The number of carbonyl (C=O) groups is 2. The molecule has 0 aromatic heterocycles. The van der Waals surface area contributed by atoms with Crippen molar-refractivity contribution in [3.05, 3.63) is 0 Å². The maximum absolute atomic E-state index is 9.57. The maximum Gasteiger partial charge on any atom is 2.00 e. The summed E-state index contributed by atoms with van der Waals surface area (Å²) in [4.78, 5) is 25.4. The first-order valence-electron chi connectivity index (χ1n) is 3.76. The molecule has 0 unspecified atom stereocenters. The van der Waals surface area contributed by atoms with Gasteiger partial charge in [0.25, 0.3) is 0 Å². The van der Waals surface area contributed by atoms with E-state index in [1.165, 1.54) is 0 Å². The van der Waals surface area contributed by atoms with Gasteiger partial charge in [0, 0.05) is 0 Å². The molecule has 8 N–H and O–H groups in total. The Morgan fingerprint density at radius 2 is 1.06 bits per heavy atom. The molecular formula is C6H12MnN6O4. The predicted octanol–water partition coefficient (Wildman–Crippen LogP) is -5.98. The summed E-state index contributed by atoms with van der Waals surface area (Å²) < 4.78 is 0. The topological polar surface area (TPSA) is 209 Å². The average molecular weight is 287 g/mol. The van der Waals surface area contributed by atoms with Crippen LogP contribution in [0.1, 0.15) is 0 Å². The van der Waals surface area contributed by atoms with Gasteiger partial charge < -0.3 is 42.7 Å². The van der Waals surface area contributed by atoms with Crippen molar-refractivity contribution in [2.24, 2.45) is 32.9 Å². The molecule has 97 valence electrons. The monoisotopic (exact) mass is 287 g/mol. The SMILES string of the molecule is NC(N)=NCC(=O)[O-].NC(N)=NCC(=O)[O-].[Mn+2]. The number of carboxylic acids is 2. The van der Waals surface area contributed by atoms with Crippen molar-refractivity contribution < 1.29 is 36.9 Å². The Hall–Kier alpha value is -2.00. The molecule has 0 saturated heterocycles. The number of nitrogens with two attached hydrogens (primary N) is 4. The summed E-state index contributed by atoms with van der Waals surface area (Å²) in [5.74, 6) is -3.07. The minimum Gasteiger partial charge on any atom is -0.548 e. The van der Waals surface area contributed by atoms with Crippen molar-refractivity contribution in [1.29, 1.82) is 0 Å². The van der Waals surface area contributed by atoms with Crippen LogP contribution >= 0.6 is 0 Å². The van der Waals surface area contributed by atoms with Crippen molar-refractivity contribution in [2.45, 2.75) is 0 Å². The van der Waals surface area contributed by atoms with Crippen molar-refractivity contribution in [3.63, 3.8) is 0 Å². The predicted molar refractivity (Wildman–Crippen MR) is 51.4 cm³/mol. The van der Waals surface area contributed by atoms with Crippen LogP contribution in [0.5, 0.6) is 0 Å². The molecular weight excluding hydrogens is 275 g/mol. The van der Waals surface area contributed by atoms with Crippen LogP contribution in [0.25, 0.3) is 0 Å². The van der Waals surface area contributed by atoms with E-state index < -0.39 is 25.0 Å². The normalized spacial score (nSPS) is 7.53. The van der Waals surface area contributed by atoms with Gasteiger partial charge in [0.2, 0.25) is 0 Å². The van der Waals surface area contributed by atoms with Crippen LogP contribution in [0, 0.1) is 0 Å². The third-order valence-corrected chi connectivity index (χ3v) is 0.781. The summed E-state index contributed by atoms with van der Waals surface area (Å²) in [7, 11) is 0. The van der Waals surface area contributed by atoms with Crippen LogP contribution in [-0.2, 0) is 26.7 Å². The van der Waals surface area contributed by atoms with E-state index in [9.17, 15) is 19.8 Å². The molecule has 0 aromatic carbocycles. The van der Waals surface area contributed by atoms with E-state index in [1.807, 2.05) is 0 Å². The van der Waals surface area contributed by atoms with Crippen LogP contribution in [0.3, 0.4) is 0 Å². The molecule has 0 spiro atoms. The van der Waals surface area contributed by atoms with Gasteiger partial charge in [-0.2, -0.15) is 0 Å². The maximum atomic E-state index is 9.57. The Labute approximate surface area is 107 Å². The van der Waals surface area contributed by atoms with E-state index in [2.05, 4.69) is 9.98 Å². The van der Waals surface area contributed by atoms with Crippen LogP contribution in [0.4, 0.5) is 0 Å². The Kier molecular flexibility index (Phi) is 14.5. The Bertz CT molecular complexity index is 267. The molecule has 0 heterocycles. The van der Waals surface area contributed by atoms with Crippen molar-refractivity contribution >= 4 is 23.9 Å². The molecule has 0 rings (SSSR count). The molecule has 0 aliphatic rings. The number of aliphatic carboxylic acids is 2. The van der Waals surface area contributed by atoms with Gasteiger partial charge in [-0.05, 0) is 0 Å². The fraction of sp³-hybridized carbons (Fsp3) is 0.333. The number of rotatable bonds is 4. The Balaban J connectivity index is -0.000000218. The van der Waals surface area contributed by atoms with Gasteiger partial charge in [0.05, 0.1) is 25.0 Å². The van der Waals surface area contributed by atoms with Crippen LogP contribution in [-0.4, -0.2) is 36.9 Å². The summed E-state index contributed by atoms with van der Waals surface area (Å²) in [6.07, 6.45) is 0. The number of nitrogens with zero attached hydrogens (tertiary/aromatic N) is 2. The number of carbonyl (C=O) groups excluding carboxylic acids is 2. The fourth-order valence-electron chi connectivity index (χ4n) is 0.312. The van der Waals surface area contributed by atoms with E-state index in [1.54, 1.807) is 0 Å². The zero-order valence-electron chi connectivity index (χ0n) is 8.63. The van der Waals surface area contributed by atoms with E-state index in [-0.39, 0.29) is 29.0 Å². The second kappa shape index (κ2) is 12.1. The summed E-state index contributed by atoms with van der Waals surface area (Å²) in [5.41, 5.74) is 19.1. The van der Waals surface area contributed by atoms with Crippen molar-refractivity contribution in [1.82, 2.24) is 0 Å². The second-order valence-electron chi connectivity index (χ2n) is 2.23. The van der Waals surface area contributed by atoms with Crippen LogP contribution in [0.2, 0.25) is 0 Å². The smallest absolute Gasteiger partial charge is 0.548 e. The second-order valence-corrected chi connectivity index (χ2v) is 2.23. The molecule has 1 radical (unpaired) electrons. The van der Waals surface area contributed by atoms with Gasteiger partial charge in [-0.3, -0.25) is 0 Å². The third-order valence-electron chi connectivity index (χ3n) is 0.781. The molecule has 17 heavy (non-hydrogen) atoms. The number of carboxylic acid groups (broad SMARTS) is 2. The zero-order valence-corrected chi connectivity index (χ0v) is 9.81. The standard InChI is InChI=1S/2C3H7N3O2.Mn/c2*4-3(5)6-1-2(7)8;/h2*1H2,(H,7,8)(H4,4,5,6);/q;;+2/p-2. The number of aliphatic imine (C=N–C) groups is 2. The van der Waals surface area contributed by atoms with Crippen molar-refractivity contribution in [3.8, 4) is 0 Å². The van der Waals surface area contributed by atoms with E-state index >= 15 is 0 Å². The fourth-order valence-corrected chi connectivity index (χ4v) is 0.312. The minimum absolute atomic E-state index is 0. The molecule has 0 aliphatic carbocycles.